The van der Waals surface area contributed by atoms with E-state index in [1.807, 2.05) is 37.4 Å². The molecule has 0 spiro atoms. The summed E-state index contributed by atoms with van der Waals surface area (Å²) in [6.07, 6.45) is 0. The summed E-state index contributed by atoms with van der Waals surface area (Å²) in [5, 5.41) is 2.14. The van der Waals surface area contributed by atoms with Gasteiger partial charge in [-0.15, -0.1) is 0 Å². The van der Waals surface area contributed by atoms with Crippen LogP contribution in [0.25, 0.3) is 0 Å². The Morgan fingerprint density at radius 1 is 1.13 bits per heavy atom. The number of primary amides is 1. The molecule has 6 heteroatoms. The van der Waals surface area contributed by atoms with Crippen LogP contribution in [0, 0.1) is 5.82 Å². The number of amides is 3. The maximum absolute atomic E-state index is 13.0. The molecular formula is C17H19FN3O2+. The van der Waals surface area contributed by atoms with E-state index < -0.39 is 18.0 Å². The molecule has 2 atom stereocenters. The molecule has 120 valence electrons. The molecule has 2 rings (SSSR count). The van der Waals surface area contributed by atoms with Crippen molar-refractivity contribution in [3.8, 4) is 0 Å². The van der Waals surface area contributed by atoms with Gasteiger partial charge in [-0.05, 0) is 12.1 Å². The molecule has 0 aromatic heterocycles. The van der Waals surface area contributed by atoms with E-state index in [9.17, 15) is 14.0 Å². The van der Waals surface area contributed by atoms with Crippen molar-refractivity contribution in [2.45, 2.75) is 12.6 Å². The Morgan fingerprint density at radius 3 is 2.30 bits per heavy atom. The maximum Gasteiger partial charge on any atom is 0.319 e. The molecule has 0 saturated heterocycles. The summed E-state index contributed by atoms with van der Waals surface area (Å²) in [6, 6.07) is 13.8. The largest absolute Gasteiger partial charge is 0.351 e. The summed E-state index contributed by atoms with van der Waals surface area (Å²) in [4.78, 5) is 24.2. The Labute approximate surface area is 133 Å². The van der Waals surface area contributed by atoms with E-state index in [0.29, 0.717) is 6.54 Å². The maximum atomic E-state index is 13.0. The van der Waals surface area contributed by atoms with E-state index in [2.05, 4.69) is 5.32 Å². The number of likely N-dealkylation sites (N-methyl/N-ethyl adjacent to an activating group) is 1. The topological polar surface area (TPSA) is 76.6 Å². The molecule has 0 aliphatic rings. The fraction of sp³-hybridized carbons (Fsp3) is 0.176. The third-order valence-corrected chi connectivity index (χ3v) is 3.53. The van der Waals surface area contributed by atoms with Crippen LogP contribution in [0.3, 0.4) is 0 Å². The number of hydrogen-bond acceptors (Lipinski definition) is 2. The number of nitrogens with one attached hydrogen (secondary N) is 2. The SMILES string of the molecule is C[NH+](Cc1ccc(F)cc1)[C@@H](C(=O)NC(N)=O)c1ccccc1. The Kier molecular flexibility index (Phi) is 5.43. The van der Waals surface area contributed by atoms with Crippen molar-refractivity contribution in [2.24, 2.45) is 5.73 Å². The van der Waals surface area contributed by atoms with Crippen molar-refractivity contribution >= 4 is 11.9 Å². The number of imide groups is 1. The average Bonchev–Trinajstić information content (AvgIpc) is 2.50. The van der Waals surface area contributed by atoms with Crippen LogP contribution in [-0.4, -0.2) is 19.0 Å². The lowest BCUT2D eigenvalue weighted by atomic mass is 10.0. The lowest BCUT2D eigenvalue weighted by Gasteiger charge is -2.24. The van der Waals surface area contributed by atoms with Crippen molar-refractivity contribution < 1.29 is 18.9 Å². The molecule has 0 aliphatic carbocycles. The lowest BCUT2D eigenvalue weighted by Crippen LogP contribution is -3.09. The number of benzene rings is 2. The van der Waals surface area contributed by atoms with E-state index in [4.69, 9.17) is 5.73 Å². The Hall–Kier alpha value is -2.73. The van der Waals surface area contributed by atoms with Gasteiger partial charge in [0.15, 0.2) is 6.04 Å². The number of hydrogen-bond donors (Lipinski definition) is 3. The fourth-order valence-corrected chi connectivity index (χ4v) is 2.53. The molecule has 23 heavy (non-hydrogen) atoms. The van der Waals surface area contributed by atoms with Crippen molar-refractivity contribution in [2.75, 3.05) is 7.05 Å². The summed E-state index contributed by atoms with van der Waals surface area (Å²) in [5.74, 6) is -0.777. The zero-order chi connectivity index (χ0) is 16.8. The van der Waals surface area contributed by atoms with Gasteiger partial charge in [0.05, 0.1) is 7.05 Å². The summed E-state index contributed by atoms with van der Waals surface area (Å²) in [6.45, 7) is 0.492. The number of nitrogens with two attached hydrogens (primary N) is 1. The van der Waals surface area contributed by atoms with Crippen LogP contribution in [0.2, 0.25) is 0 Å². The molecule has 0 fully saturated rings. The average molecular weight is 316 g/mol. The number of urea groups is 1. The van der Waals surface area contributed by atoms with E-state index in [-0.39, 0.29) is 5.82 Å². The molecule has 0 saturated carbocycles. The van der Waals surface area contributed by atoms with Crippen LogP contribution >= 0.6 is 0 Å². The van der Waals surface area contributed by atoms with Gasteiger partial charge >= 0.3 is 6.03 Å². The van der Waals surface area contributed by atoms with Gasteiger partial charge < -0.3 is 10.6 Å². The second kappa shape index (κ2) is 7.51. The van der Waals surface area contributed by atoms with Crippen molar-refractivity contribution in [1.29, 1.82) is 0 Å². The summed E-state index contributed by atoms with van der Waals surface area (Å²) in [7, 11) is 1.83. The number of quaternary nitrogens is 1. The van der Waals surface area contributed by atoms with Gasteiger partial charge in [0.1, 0.15) is 12.4 Å². The van der Waals surface area contributed by atoms with Crippen LogP contribution in [0.4, 0.5) is 9.18 Å². The first-order valence-corrected chi connectivity index (χ1v) is 7.19. The zero-order valence-corrected chi connectivity index (χ0v) is 12.8. The summed E-state index contributed by atoms with van der Waals surface area (Å²) >= 11 is 0. The highest BCUT2D eigenvalue weighted by molar-refractivity contribution is 5.96. The fourth-order valence-electron chi connectivity index (χ4n) is 2.53. The summed E-state index contributed by atoms with van der Waals surface area (Å²) < 4.78 is 13.0. The Bertz CT molecular complexity index is 674. The van der Waals surface area contributed by atoms with Gasteiger partial charge in [-0.25, -0.2) is 9.18 Å². The van der Waals surface area contributed by atoms with Gasteiger partial charge in [0.2, 0.25) is 0 Å². The molecule has 0 bridgehead atoms. The molecule has 4 N–H and O–H groups in total. The third-order valence-electron chi connectivity index (χ3n) is 3.53. The van der Waals surface area contributed by atoms with Crippen molar-refractivity contribution in [1.82, 2.24) is 5.32 Å². The van der Waals surface area contributed by atoms with Crippen molar-refractivity contribution in [3.05, 3.63) is 71.5 Å². The molecule has 5 nitrogen and oxygen atoms in total. The number of halogens is 1. The molecule has 3 amide bonds. The minimum atomic E-state index is -0.884. The van der Waals surface area contributed by atoms with Crippen LogP contribution in [0.1, 0.15) is 17.2 Å². The van der Waals surface area contributed by atoms with E-state index in [1.165, 1.54) is 12.1 Å². The molecule has 2 aromatic rings. The van der Waals surface area contributed by atoms with Gasteiger partial charge in [-0.2, -0.15) is 0 Å². The molecule has 0 radical (unpaired) electrons. The van der Waals surface area contributed by atoms with Crippen LogP contribution in [-0.2, 0) is 11.3 Å². The van der Waals surface area contributed by atoms with Crippen LogP contribution < -0.4 is 16.0 Å². The summed E-state index contributed by atoms with van der Waals surface area (Å²) in [5.41, 5.74) is 6.71. The van der Waals surface area contributed by atoms with E-state index in [1.54, 1.807) is 12.1 Å². The molecule has 0 heterocycles. The lowest BCUT2D eigenvalue weighted by molar-refractivity contribution is -0.916. The highest BCUT2D eigenvalue weighted by atomic mass is 19.1. The Balaban J connectivity index is 2.23. The molecule has 2 aromatic carbocycles. The minimum Gasteiger partial charge on any atom is -0.351 e. The van der Waals surface area contributed by atoms with Crippen LogP contribution in [0.5, 0.6) is 0 Å². The number of carbonyl (C=O) groups excluding carboxylic acids is 2. The van der Waals surface area contributed by atoms with Gasteiger partial charge in [0.25, 0.3) is 5.91 Å². The predicted octanol–water partition coefficient (Wildman–Crippen LogP) is 0.777. The second-order valence-corrected chi connectivity index (χ2v) is 5.35. The first-order valence-electron chi connectivity index (χ1n) is 7.19. The van der Waals surface area contributed by atoms with Gasteiger partial charge in [0, 0.05) is 11.1 Å². The van der Waals surface area contributed by atoms with Crippen molar-refractivity contribution in [3.63, 3.8) is 0 Å². The van der Waals surface area contributed by atoms with Gasteiger partial charge in [-0.1, -0.05) is 42.5 Å². The van der Waals surface area contributed by atoms with Crippen LogP contribution in [0.15, 0.2) is 54.6 Å². The van der Waals surface area contributed by atoms with E-state index in [0.717, 1.165) is 16.0 Å². The monoisotopic (exact) mass is 316 g/mol. The second-order valence-electron chi connectivity index (χ2n) is 5.35. The minimum absolute atomic E-state index is 0.308. The highest BCUT2D eigenvalue weighted by Crippen LogP contribution is 2.10. The predicted molar refractivity (Wildman–Crippen MR) is 83.9 cm³/mol. The molecule has 1 unspecified atom stereocenters. The van der Waals surface area contributed by atoms with Gasteiger partial charge in [-0.3, -0.25) is 10.1 Å². The highest BCUT2D eigenvalue weighted by Gasteiger charge is 2.29. The number of rotatable bonds is 5. The van der Waals surface area contributed by atoms with E-state index >= 15 is 0 Å². The first kappa shape index (κ1) is 16.6. The molecule has 0 aliphatic heterocycles. The zero-order valence-electron chi connectivity index (χ0n) is 12.8. The normalized spacial score (nSPS) is 13.1. The first-order chi connectivity index (χ1) is 11.0. The molecular weight excluding hydrogens is 297 g/mol. The Morgan fingerprint density at radius 2 is 1.74 bits per heavy atom. The standard InChI is InChI=1S/C17H18FN3O2/c1-21(11-12-7-9-14(18)10-8-12)15(16(22)20-17(19)23)13-5-3-2-4-6-13/h2-10,15H,11H2,1H3,(H3,19,20,22,23)/p+1/t15-/m1/s1. The number of carbonyl (C=O) groups is 2. The third kappa shape index (κ3) is 4.62. The smallest absolute Gasteiger partial charge is 0.319 e. The quantitative estimate of drug-likeness (QED) is 0.762.